The van der Waals surface area contributed by atoms with Crippen molar-refractivity contribution in [1.29, 1.82) is 0 Å². The molecule has 1 unspecified atom stereocenters. The van der Waals surface area contributed by atoms with E-state index in [1.165, 1.54) is 10.5 Å². The largest absolute Gasteiger partial charge is 0.490 e. The molecule has 3 rings (SSSR count). The molecule has 2 N–H and O–H groups in total. The molecule has 1 aliphatic rings. The summed E-state index contributed by atoms with van der Waals surface area (Å²) in [5, 5.41) is 1.08. The number of rotatable bonds is 3. The van der Waals surface area contributed by atoms with Gasteiger partial charge in [0.2, 0.25) is 0 Å². The molecule has 2 aromatic rings. The number of hydrogen-bond acceptors (Lipinski definition) is 3. The second kappa shape index (κ2) is 5.35. The summed E-state index contributed by atoms with van der Waals surface area (Å²) in [4.78, 5) is 1.36. The number of hydrogen-bond donors (Lipinski definition) is 1. The summed E-state index contributed by atoms with van der Waals surface area (Å²) in [6.07, 6.45) is 1.05. The predicted molar refractivity (Wildman–Crippen MR) is 81.2 cm³/mol. The first-order chi connectivity index (χ1) is 9.22. The molecule has 0 saturated heterocycles. The molecule has 0 radical (unpaired) electrons. The first kappa shape index (κ1) is 12.7. The van der Waals surface area contributed by atoms with Crippen molar-refractivity contribution in [3.8, 4) is 5.75 Å². The van der Waals surface area contributed by atoms with Crippen LogP contribution >= 0.6 is 23.4 Å². The van der Waals surface area contributed by atoms with E-state index in [4.69, 9.17) is 22.1 Å². The zero-order valence-electron chi connectivity index (χ0n) is 10.3. The maximum atomic E-state index is 5.87. The molecule has 0 saturated carbocycles. The lowest BCUT2D eigenvalue weighted by molar-refractivity contribution is 0.319. The van der Waals surface area contributed by atoms with Gasteiger partial charge in [-0.15, -0.1) is 11.8 Å². The normalized spacial score (nSPS) is 17.2. The van der Waals surface area contributed by atoms with Crippen molar-refractivity contribution in [3.05, 3.63) is 53.1 Å². The zero-order chi connectivity index (χ0) is 13.2. The quantitative estimate of drug-likeness (QED) is 0.868. The van der Waals surface area contributed by atoms with Gasteiger partial charge in [0, 0.05) is 15.2 Å². The van der Waals surface area contributed by atoms with E-state index in [1.54, 1.807) is 12.1 Å². The Balaban J connectivity index is 1.63. The highest BCUT2D eigenvalue weighted by molar-refractivity contribution is 8.00. The van der Waals surface area contributed by atoms with Crippen molar-refractivity contribution in [2.45, 2.75) is 16.6 Å². The molecule has 19 heavy (non-hydrogen) atoms. The van der Waals surface area contributed by atoms with Crippen molar-refractivity contribution >= 4 is 29.1 Å². The second-order valence-corrected chi connectivity index (χ2v) is 6.32. The lowest BCUT2D eigenvalue weighted by atomic mass is 10.1. The Bertz CT molecular complexity index is 577. The molecule has 0 aromatic heterocycles. The van der Waals surface area contributed by atoms with Crippen LogP contribution in [0.2, 0.25) is 5.02 Å². The van der Waals surface area contributed by atoms with E-state index in [-0.39, 0.29) is 0 Å². The van der Waals surface area contributed by atoms with Crippen LogP contribution in [0.25, 0.3) is 0 Å². The smallest absolute Gasteiger partial charge is 0.142 e. The Morgan fingerprint density at radius 1 is 1.26 bits per heavy atom. The minimum Gasteiger partial charge on any atom is -0.490 e. The second-order valence-electron chi connectivity index (χ2n) is 4.54. The average molecular weight is 292 g/mol. The molecule has 1 atom stereocenters. The Kier molecular flexibility index (Phi) is 3.58. The molecule has 0 aliphatic carbocycles. The number of anilines is 1. The van der Waals surface area contributed by atoms with Gasteiger partial charge in [-0.3, -0.25) is 0 Å². The van der Waals surface area contributed by atoms with E-state index in [0.29, 0.717) is 28.3 Å². The fourth-order valence-corrected chi connectivity index (χ4v) is 3.58. The number of benzene rings is 2. The van der Waals surface area contributed by atoms with Gasteiger partial charge in [-0.25, -0.2) is 0 Å². The van der Waals surface area contributed by atoms with Crippen LogP contribution in [0.1, 0.15) is 5.56 Å². The number of thioether (sulfide) groups is 1. The standard InChI is InChI=1S/C15H14ClNOS/c16-11-5-6-14(13(17)8-11)18-9-12-7-10-3-1-2-4-15(10)19-12/h1-6,8,12H,7,9,17H2. The van der Waals surface area contributed by atoms with Crippen molar-refractivity contribution in [1.82, 2.24) is 0 Å². The molecule has 4 heteroatoms. The van der Waals surface area contributed by atoms with Gasteiger partial charge in [0.1, 0.15) is 12.4 Å². The Labute approximate surface area is 121 Å². The molecule has 2 aromatic carbocycles. The molecule has 98 valence electrons. The number of halogens is 1. The minimum absolute atomic E-state index is 0.451. The maximum absolute atomic E-state index is 5.87. The first-order valence-electron chi connectivity index (χ1n) is 6.15. The molecular weight excluding hydrogens is 278 g/mol. The van der Waals surface area contributed by atoms with Gasteiger partial charge < -0.3 is 10.5 Å². The molecule has 2 nitrogen and oxygen atoms in total. The minimum atomic E-state index is 0.451. The predicted octanol–water partition coefficient (Wildman–Crippen LogP) is 4.02. The van der Waals surface area contributed by atoms with Crippen LogP contribution in [0.4, 0.5) is 5.69 Å². The maximum Gasteiger partial charge on any atom is 0.142 e. The molecule has 1 aliphatic heterocycles. The van der Waals surface area contributed by atoms with Crippen molar-refractivity contribution < 1.29 is 4.74 Å². The van der Waals surface area contributed by atoms with E-state index in [0.717, 1.165) is 6.42 Å². The van der Waals surface area contributed by atoms with Gasteiger partial charge in [-0.1, -0.05) is 29.8 Å². The summed E-state index contributed by atoms with van der Waals surface area (Å²) >= 11 is 7.74. The number of fused-ring (bicyclic) bond motifs is 1. The van der Waals surface area contributed by atoms with Crippen LogP contribution < -0.4 is 10.5 Å². The lowest BCUT2D eigenvalue weighted by Crippen LogP contribution is -2.14. The van der Waals surface area contributed by atoms with Crippen LogP contribution in [0.3, 0.4) is 0 Å². The first-order valence-corrected chi connectivity index (χ1v) is 7.40. The van der Waals surface area contributed by atoms with E-state index in [1.807, 2.05) is 17.8 Å². The van der Waals surface area contributed by atoms with E-state index in [2.05, 4.69) is 24.3 Å². The molecule has 0 spiro atoms. The van der Waals surface area contributed by atoms with E-state index >= 15 is 0 Å². The van der Waals surface area contributed by atoms with Gasteiger partial charge in [0.05, 0.1) is 5.69 Å². The van der Waals surface area contributed by atoms with E-state index in [9.17, 15) is 0 Å². The summed E-state index contributed by atoms with van der Waals surface area (Å²) in [5.41, 5.74) is 7.87. The number of ether oxygens (including phenoxy) is 1. The van der Waals surface area contributed by atoms with Crippen LogP contribution in [-0.4, -0.2) is 11.9 Å². The molecule has 0 fully saturated rings. The third kappa shape index (κ3) is 2.82. The topological polar surface area (TPSA) is 35.2 Å². The van der Waals surface area contributed by atoms with E-state index < -0.39 is 0 Å². The number of nitrogens with two attached hydrogens (primary N) is 1. The van der Waals surface area contributed by atoms with Crippen molar-refractivity contribution in [2.24, 2.45) is 0 Å². The highest BCUT2D eigenvalue weighted by Crippen LogP contribution is 2.37. The van der Waals surface area contributed by atoms with Crippen LogP contribution in [-0.2, 0) is 6.42 Å². The van der Waals surface area contributed by atoms with Gasteiger partial charge in [0.15, 0.2) is 0 Å². The van der Waals surface area contributed by atoms with Gasteiger partial charge in [-0.05, 0) is 36.2 Å². The Morgan fingerprint density at radius 2 is 2.11 bits per heavy atom. The monoisotopic (exact) mass is 291 g/mol. The summed E-state index contributed by atoms with van der Waals surface area (Å²) in [6.45, 7) is 0.658. The van der Waals surface area contributed by atoms with Gasteiger partial charge in [0.25, 0.3) is 0 Å². The molecular formula is C15H14ClNOS. The summed E-state index contributed by atoms with van der Waals surface area (Å²) in [7, 11) is 0. The van der Waals surface area contributed by atoms with Crippen molar-refractivity contribution in [2.75, 3.05) is 12.3 Å². The van der Waals surface area contributed by atoms with Crippen LogP contribution in [0.15, 0.2) is 47.4 Å². The number of nitrogen functional groups attached to an aromatic ring is 1. The fourth-order valence-electron chi connectivity index (χ4n) is 2.18. The van der Waals surface area contributed by atoms with Crippen LogP contribution in [0, 0.1) is 0 Å². The molecule has 1 heterocycles. The van der Waals surface area contributed by atoms with Gasteiger partial charge >= 0.3 is 0 Å². The molecule has 0 amide bonds. The summed E-state index contributed by atoms with van der Waals surface area (Å²) < 4.78 is 5.80. The average Bonchev–Trinajstić information content (AvgIpc) is 2.80. The lowest BCUT2D eigenvalue weighted by Gasteiger charge is -2.12. The Morgan fingerprint density at radius 3 is 2.89 bits per heavy atom. The molecule has 0 bridgehead atoms. The van der Waals surface area contributed by atoms with Crippen molar-refractivity contribution in [3.63, 3.8) is 0 Å². The summed E-state index contributed by atoms with van der Waals surface area (Å²) in [5.74, 6) is 0.709. The fraction of sp³-hybridized carbons (Fsp3) is 0.200. The van der Waals surface area contributed by atoms with Gasteiger partial charge in [-0.2, -0.15) is 0 Å². The summed E-state index contributed by atoms with van der Waals surface area (Å²) in [6, 6.07) is 13.8. The highest BCUT2D eigenvalue weighted by Gasteiger charge is 2.22. The van der Waals surface area contributed by atoms with Crippen LogP contribution in [0.5, 0.6) is 5.75 Å². The zero-order valence-corrected chi connectivity index (χ0v) is 11.9. The Hall–Kier alpha value is -1.32. The SMILES string of the molecule is Nc1cc(Cl)ccc1OCC1Cc2ccccc2S1. The third-order valence-electron chi connectivity index (χ3n) is 3.11. The third-order valence-corrected chi connectivity index (χ3v) is 4.63. The highest BCUT2D eigenvalue weighted by atomic mass is 35.5.